The van der Waals surface area contributed by atoms with Crippen LogP contribution in [-0.2, 0) is 16.0 Å². The Kier molecular flexibility index (Phi) is 4.99. The van der Waals surface area contributed by atoms with Crippen molar-refractivity contribution in [2.75, 3.05) is 14.2 Å². The smallest absolute Gasteiger partial charge is 0.327 e. The number of methoxy groups -OCH3 is 1. The number of nitrogens with one attached hydrogen (secondary N) is 1. The molecule has 0 aliphatic rings. The summed E-state index contributed by atoms with van der Waals surface area (Å²) in [5.41, 5.74) is 2.24. The lowest BCUT2D eigenvalue weighted by molar-refractivity contribution is -0.143. The first kappa shape index (κ1) is 12.7. The minimum Gasteiger partial charge on any atom is -0.468 e. The van der Waals surface area contributed by atoms with Crippen molar-refractivity contribution in [3.05, 3.63) is 35.4 Å². The summed E-state index contributed by atoms with van der Waals surface area (Å²) >= 11 is 0. The molecule has 0 bridgehead atoms. The van der Waals surface area contributed by atoms with Gasteiger partial charge in [-0.15, -0.1) is 0 Å². The molecule has 0 aromatic heterocycles. The predicted molar refractivity (Wildman–Crippen MR) is 64.3 cm³/mol. The van der Waals surface area contributed by atoms with Crippen molar-refractivity contribution < 1.29 is 9.53 Å². The van der Waals surface area contributed by atoms with Crippen molar-refractivity contribution in [2.45, 2.75) is 25.8 Å². The zero-order valence-electron chi connectivity index (χ0n) is 10.1. The average molecular weight is 221 g/mol. The van der Waals surface area contributed by atoms with Gasteiger partial charge in [0.1, 0.15) is 6.04 Å². The van der Waals surface area contributed by atoms with Crippen molar-refractivity contribution in [1.29, 1.82) is 0 Å². The summed E-state index contributed by atoms with van der Waals surface area (Å²) in [5.74, 6) is -0.259. The molecule has 0 saturated heterocycles. The number of aryl methyl sites for hydroxylation is 1. The van der Waals surface area contributed by atoms with E-state index in [1.54, 1.807) is 7.05 Å². The zero-order valence-corrected chi connectivity index (χ0v) is 10.1. The minimum atomic E-state index is -0.374. The van der Waals surface area contributed by atoms with Gasteiger partial charge in [-0.1, -0.05) is 37.6 Å². The highest BCUT2D eigenvalue weighted by Gasteiger charge is 2.18. The lowest BCUT2D eigenvalue weighted by Gasteiger charge is -2.14. The molecular formula is C13H19NO2. The van der Waals surface area contributed by atoms with Crippen LogP contribution in [0.1, 0.15) is 30.5 Å². The van der Waals surface area contributed by atoms with Crippen molar-refractivity contribution >= 4 is 5.97 Å². The van der Waals surface area contributed by atoms with Crippen LogP contribution in [0.25, 0.3) is 0 Å². The maximum absolute atomic E-state index is 11.5. The second kappa shape index (κ2) is 6.28. The van der Waals surface area contributed by atoms with Crippen LogP contribution in [0.4, 0.5) is 0 Å². The molecule has 1 rings (SSSR count). The average Bonchev–Trinajstić information content (AvgIpc) is 2.32. The third kappa shape index (κ3) is 3.07. The summed E-state index contributed by atoms with van der Waals surface area (Å²) in [4.78, 5) is 11.5. The van der Waals surface area contributed by atoms with Crippen molar-refractivity contribution in [3.8, 4) is 0 Å². The summed E-state index contributed by atoms with van der Waals surface area (Å²) < 4.78 is 4.73. The summed E-state index contributed by atoms with van der Waals surface area (Å²) in [6.45, 7) is 2.15. The number of carbonyl (C=O) groups excluding carboxylic acids is 1. The van der Waals surface area contributed by atoms with Crippen molar-refractivity contribution in [2.24, 2.45) is 0 Å². The number of hydrogen-bond donors (Lipinski definition) is 1. The summed E-state index contributed by atoms with van der Waals surface area (Å²) in [6, 6.07) is 7.70. The van der Waals surface area contributed by atoms with E-state index >= 15 is 0 Å². The highest BCUT2D eigenvalue weighted by molar-refractivity contribution is 5.77. The van der Waals surface area contributed by atoms with Crippen LogP contribution in [0.3, 0.4) is 0 Å². The molecule has 1 aromatic rings. The number of likely N-dealkylation sites (N-methyl/N-ethyl adjacent to an activating group) is 1. The molecule has 3 heteroatoms. The van der Waals surface area contributed by atoms with Crippen LogP contribution in [-0.4, -0.2) is 20.1 Å². The van der Waals surface area contributed by atoms with Crippen molar-refractivity contribution in [1.82, 2.24) is 5.32 Å². The van der Waals surface area contributed by atoms with Gasteiger partial charge in [0.05, 0.1) is 7.11 Å². The van der Waals surface area contributed by atoms with Crippen LogP contribution in [0, 0.1) is 0 Å². The van der Waals surface area contributed by atoms with E-state index in [0.717, 1.165) is 18.4 Å². The van der Waals surface area contributed by atoms with Gasteiger partial charge in [-0.2, -0.15) is 0 Å². The highest BCUT2D eigenvalue weighted by atomic mass is 16.5. The Morgan fingerprint density at radius 2 is 2.00 bits per heavy atom. The molecular weight excluding hydrogens is 202 g/mol. The Labute approximate surface area is 96.8 Å². The van der Waals surface area contributed by atoms with Gasteiger partial charge >= 0.3 is 5.97 Å². The van der Waals surface area contributed by atoms with Crippen LogP contribution in [0.15, 0.2) is 24.3 Å². The van der Waals surface area contributed by atoms with Crippen LogP contribution < -0.4 is 5.32 Å². The van der Waals surface area contributed by atoms with Crippen LogP contribution in [0.5, 0.6) is 0 Å². The number of carbonyl (C=O) groups is 1. The normalized spacial score (nSPS) is 12.2. The molecule has 0 heterocycles. The summed E-state index contributed by atoms with van der Waals surface area (Å²) in [5, 5.41) is 2.95. The lowest BCUT2D eigenvalue weighted by atomic mass is 10.0. The number of esters is 1. The molecule has 1 N–H and O–H groups in total. The van der Waals surface area contributed by atoms with E-state index in [4.69, 9.17) is 4.74 Å². The van der Waals surface area contributed by atoms with E-state index < -0.39 is 0 Å². The molecule has 1 unspecified atom stereocenters. The molecule has 0 spiro atoms. The van der Waals surface area contributed by atoms with Crippen molar-refractivity contribution in [3.63, 3.8) is 0 Å². The first-order chi connectivity index (χ1) is 7.72. The first-order valence-electron chi connectivity index (χ1n) is 5.56. The molecule has 0 aliphatic carbocycles. The molecule has 0 radical (unpaired) electrons. The van der Waals surface area contributed by atoms with Crippen LogP contribution in [0.2, 0.25) is 0 Å². The number of rotatable bonds is 5. The fourth-order valence-electron chi connectivity index (χ4n) is 1.70. The fraction of sp³-hybridized carbons (Fsp3) is 0.462. The molecule has 1 atom stereocenters. The zero-order chi connectivity index (χ0) is 12.0. The van der Waals surface area contributed by atoms with E-state index in [1.807, 2.05) is 12.1 Å². The molecule has 0 amide bonds. The Balaban J connectivity index is 2.82. The Hall–Kier alpha value is -1.35. The standard InChI is InChI=1S/C13H19NO2/c1-4-5-10-6-8-11(9-7-10)12(14-2)13(15)16-3/h6-9,12,14H,4-5H2,1-3H3. The number of hydrogen-bond acceptors (Lipinski definition) is 3. The highest BCUT2D eigenvalue weighted by Crippen LogP contribution is 2.15. The second-order valence-corrected chi connectivity index (χ2v) is 3.74. The predicted octanol–water partition coefficient (Wildman–Crippen LogP) is 2.07. The minimum absolute atomic E-state index is 0.259. The number of ether oxygens (including phenoxy) is 1. The SMILES string of the molecule is CCCc1ccc(C(NC)C(=O)OC)cc1. The van der Waals surface area contributed by atoms with Gasteiger partial charge in [-0.3, -0.25) is 0 Å². The van der Waals surface area contributed by atoms with Gasteiger partial charge in [-0.05, 0) is 24.6 Å². The van der Waals surface area contributed by atoms with Gasteiger partial charge in [-0.25, -0.2) is 4.79 Å². The van der Waals surface area contributed by atoms with Gasteiger partial charge < -0.3 is 10.1 Å². The third-order valence-corrected chi connectivity index (χ3v) is 2.58. The molecule has 88 valence electrons. The van der Waals surface area contributed by atoms with E-state index in [2.05, 4.69) is 24.4 Å². The van der Waals surface area contributed by atoms with E-state index in [9.17, 15) is 4.79 Å². The van der Waals surface area contributed by atoms with E-state index in [0.29, 0.717) is 0 Å². The molecule has 0 fully saturated rings. The van der Waals surface area contributed by atoms with E-state index in [1.165, 1.54) is 12.7 Å². The molecule has 1 aromatic carbocycles. The topological polar surface area (TPSA) is 38.3 Å². The largest absolute Gasteiger partial charge is 0.468 e. The van der Waals surface area contributed by atoms with E-state index in [-0.39, 0.29) is 12.0 Å². The molecule has 0 saturated carbocycles. The molecule has 16 heavy (non-hydrogen) atoms. The first-order valence-corrected chi connectivity index (χ1v) is 5.56. The Morgan fingerprint density at radius 1 is 1.38 bits per heavy atom. The maximum atomic E-state index is 11.5. The van der Waals surface area contributed by atoms with Gasteiger partial charge in [0.25, 0.3) is 0 Å². The quantitative estimate of drug-likeness (QED) is 0.774. The third-order valence-electron chi connectivity index (χ3n) is 2.58. The summed E-state index contributed by atoms with van der Waals surface area (Å²) in [7, 11) is 3.15. The lowest BCUT2D eigenvalue weighted by Crippen LogP contribution is -2.26. The monoisotopic (exact) mass is 221 g/mol. The number of benzene rings is 1. The van der Waals surface area contributed by atoms with Gasteiger partial charge in [0, 0.05) is 0 Å². The second-order valence-electron chi connectivity index (χ2n) is 3.74. The Bertz CT molecular complexity index is 332. The maximum Gasteiger partial charge on any atom is 0.327 e. The fourth-order valence-corrected chi connectivity index (χ4v) is 1.70. The summed E-state index contributed by atoms with van der Waals surface area (Å²) in [6.07, 6.45) is 2.20. The molecule has 3 nitrogen and oxygen atoms in total. The van der Waals surface area contributed by atoms with Crippen LogP contribution >= 0.6 is 0 Å². The van der Waals surface area contributed by atoms with Gasteiger partial charge in [0.15, 0.2) is 0 Å². The van der Waals surface area contributed by atoms with Gasteiger partial charge in [0.2, 0.25) is 0 Å². The molecule has 0 aliphatic heterocycles. The Morgan fingerprint density at radius 3 is 2.44 bits per heavy atom.